The van der Waals surface area contributed by atoms with Gasteiger partial charge in [-0.1, -0.05) is 56.7 Å². The first-order valence-electron chi connectivity index (χ1n) is 27.3. The van der Waals surface area contributed by atoms with E-state index in [1.54, 1.807) is 11.3 Å². The Bertz CT molecular complexity index is 2380. The molecule has 3 aliphatic heterocycles. The van der Waals surface area contributed by atoms with Gasteiger partial charge in [0.1, 0.15) is 24.3 Å². The minimum absolute atomic E-state index is 0.00285. The van der Waals surface area contributed by atoms with Gasteiger partial charge in [-0.25, -0.2) is 9.78 Å². The average molecular weight is 1080 g/mol. The SMILES string of the molecule is Cc1cc(C)c(C2=C(O)C3(CCC(OCCOCCOCCN4CCN(CCOCCOCC(=O)N[C@H](C(=O)N5C[C@H](O)C[C@H]5C(=O)N[C@@H](C)C5C=CC(c6scnc6C)=CC5)C(C)(C)C)CC4)CC3)OC2=O)c(C)c1. The van der Waals surface area contributed by atoms with Crippen LogP contribution in [-0.2, 0) is 47.6 Å². The number of thiazole rings is 1. The van der Waals surface area contributed by atoms with Crippen LogP contribution in [0.1, 0.15) is 99.0 Å². The molecule has 3 amide bonds. The van der Waals surface area contributed by atoms with Gasteiger partial charge in [-0.05, 0) is 94.4 Å². The summed E-state index contributed by atoms with van der Waals surface area (Å²) in [4.78, 5) is 65.5. The van der Waals surface area contributed by atoms with Crippen molar-refractivity contribution in [2.45, 2.75) is 130 Å². The van der Waals surface area contributed by atoms with Crippen molar-refractivity contribution in [3.05, 3.63) is 74.5 Å². The molecule has 420 valence electrons. The zero-order chi connectivity index (χ0) is 54.6. The third-order valence-corrected chi connectivity index (χ3v) is 16.4. The van der Waals surface area contributed by atoms with E-state index in [0.29, 0.717) is 77.5 Å². The van der Waals surface area contributed by atoms with Crippen LogP contribution in [0.25, 0.3) is 11.1 Å². The lowest BCUT2D eigenvalue weighted by molar-refractivity contribution is -0.152. The van der Waals surface area contributed by atoms with Crippen LogP contribution >= 0.6 is 11.3 Å². The van der Waals surface area contributed by atoms with Crippen LogP contribution in [0.4, 0.5) is 0 Å². The van der Waals surface area contributed by atoms with Crippen LogP contribution in [0, 0.1) is 39.0 Å². The number of hydrogen-bond acceptors (Lipinski definition) is 16. The molecule has 1 saturated carbocycles. The highest BCUT2D eigenvalue weighted by atomic mass is 32.1. The van der Waals surface area contributed by atoms with Gasteiger partial charge in [0.15, 0.2) is 11.4 Å². The lowest BCUT2D eigenvalue weighted by Gasteiger charge is -2.35. The molecule has 2 saturated heterocycles. The van der Waals surface area contributed by atoms with Gasteiger partial charge < -0.3 is 54.2 Å². The van der Waals surface area contributed by atoms with Gasteiger partial charge in [0.25, 0.3) is 0 Å². The van der Waals surface area contributed by atoms with Gasteiger partial charge in [0, 0.05) is 64.2 Å². The maximum Gasteiger partial charge on any atom is 0.343 e. The van der Waals surface area contributed by atoms with Gasteiger partial charge in [-0.15, -0.1) is 11.3 Å². The van der Waals surface area contributed by atoms with Crippen molar-refractivity contribution in [1.82, 2.24) is 30.3 Å². The molecule has 76 heavy (non-hydrogen) atoms. The number of β-amino-alcohol motifs (C(OH)–C–C–N with tert-alkyl or cyclic N) is 1. The molecule has 18 nitrogen and oxygen atoms in total. The number of aryl methyl sites for hydroxylation is 4. The quantitative estimate of drug-likeness (QED) is 0.0740. The molecule has 1 aromatic heterocycles. The van der Waals surface area contributed by atoms with E-state index in [1.165, 1.54) is 4.90 Å². The summed E-state index contributed by atoms with van der Waals surface area (Å²) < 4.78 is 35.0. The lowest BCUT2D eigenvalue weighted by Crippen LogP contribution is -2.58. The number of amides is 3. The number of benzene rings is 1. The van der Waals surface area contributed by atoms with Gasteiger partial charge >= 0.3 is 5.97 Å². The number of aliphatic hydroxyl groups excluding tert-OH is 2. The molecular weight excluding hydrogens is 993 g/mol. The molecule has 1 aromatic carbocycles. The summed E-state index contributed by atoms with van der Waals surface area (Å²) >= 11 is 1.61. The van der Waals surface area contributed by atoms with Crippen molar-refractivity contribution in [2.75, 3.05) is 105 Å². The first kappa shape index (κ1) is 59.1. The fourth-order valence-electron chi connectivity index (χ4n) is 11.1. The molecule has 5 atom stereocenters. The number of aliphatic hydroxyl groups is 2. The summed E-state index contributed by atoms with van der Waals surface area (Å²) in [5, 5.41) is 27.9. The smallest absolute Gasteiger partial charge is 0.343 e. The van der Waals surface area contributed by atoms with Crippen molar-refractivity contribution >= 4 is 46.2 Å². The summed E-state index contributed by atoms with van der Waals surface area (Å²) in [6.45, 7) is 24.2. The van der Waals surface area contributed by atoms with Crippen molar-refractivity contribution in [3.63, 3.8) is 0 Å². The molecule has 3 fully saturated rings. The van der Waals surface area contributed by atoms with E-state index in [9.17, 15) is 29.4 Å². The van der Waals surface area contributed by atoms with Crippen LogP contribution in [-0.4, -0.2) is 195 Å². The zero-order valence-electron chi connectivity index (χ0n) is 46.2. The van der Waals surface area contributed by atoms with E-state index < -0.39 is 47.0 Å². The molecule has 1 unspecified atom stereocenters. The summed E-state index contributed by atoms with van der Waals surface area (Å²) in [6.07, 6.45) is 8.78. The number of nitrogens with one attached hydrogen (secondary N) is 2. The molecule has 1 spiro atoms. The molecular formula is C57H84N6O12S. The van der Waals surface area contributed by atoms with Gasteiger partial charge in [0.2, 0.25) is 17.7 Å². The van der Waals surface area contributed by atoms with E-state index in [4.69, 9.17) is 28.4 Å². The van der Waals surface area contributed by atoms with Crippen LogP contribution < -0.4 is 10.6 Å². The second kappa shape index (κ2) is 27.3. The fraction of sp³-hybridized carbons (Fsp3) is 0.667. The van der Waals surface area contributed by atoms with Gasteiger partial charge in [-0.2, -0.15) is 0 Å². The summed E-state index contributed by atoms with van der Waals surface area (Å²) in [7, 11) is 0. The van der Waals surface area contributed by atoms with Gasteiger partial charge in [0.05, 0.1) is 81.1 Å². The normalized spacial score (nSPS) is 24.2. The average Bonchev–Trinajstić information content (AvgIpc) is 4.07. The van der Waals surface area contributed by atoms with Crippen molar-refractivity contribution in [3.8, 4) is 0 Å². The maximum absolute atomic E-state index is 14.1. The Labute approximate surface area is 453 Å². The molecule has 5 aliphatic rings. The Kier molecular flexibility index (Phi) is 21.3. The van der Waals surface area contributed by atoms with E-state index in [0.717, 1.165) is 84.1 Å². The lowest BCUT2D eigenvalue weighted by atomic mass is 9.80. The molecule has 0 bridgehead atoms. The Morgan fingerprint density at radius 3 is 2.07 bits per heavy atom. The number of allylic oxidation sites excluding steroid dienone is 3. The number of carbonyl (C=O) groups is 4. The summed E-state index contributed by atoms with van der Waals surface area (Å²) in [5.41, 5.74) is 6.39. The number of piperazine rings is 1. The predicted molar refractivity (Wildman–Crippen MR) is 291 cm³/mol. The molecule has 0 radical (unpaired) electrons. The Hall–Kier alpha value is -4.57. The monoisotopic (exact) mass is 1080 g/mol. The largest absolute Gasteiger partial charge is 0.507 e. The highest BCUT2D eigenvalue weighted by Gasteiger charge is 2.51. The number of rotatable bonds is 25. The zero-order valence-corrected chi connectivity index (χ0v) is 47.0. The predicted octanol–water partition coefficient (Wildman–Crippen LogP) is 5.24. The fourth-order valence-corrected chi connectivity index (χ4v) is 11.9. The molecule has 2 aromatic rings. The highest BCUT2D eigenvalue weighted by molar-refractivity contribution is 7.11. The van der Waals surface area contributed by atoms with Gasteiger partial charge in [-0.3, -0.25) is 24.2 Å². The highest BCUT2D eigenvalue weighted by Crippen LogP contribution is 2.47. The number of esters is 1. The minimum atomic E-state index is -0.974. The van der Waals surface area contributed by atoms with Crippen molar-refractivity contribution in [2.24, 2.45) is 11.3 Å². The topological polar surface area (TPSA) is 211 Å². The molecule has 7 rings (SSSR count). The Morgan fingerprint density at radius 2 is 1.49 bits per heavy atom. The molecule has 4 heterocycles. The first-order valence-corrected chi connectivity index (χ1v) is 28.2. The number of likely N-dealkylation sites (tertiary alicyclic amines) is 1. The standard InChI is InChI=1S/C57H84N6O12S/c1-37-31-38(2)48(39(3)32-37)49-52(66)57(75-55(49)69)15-13-45(14-16-57)74-30-29-72-26-25-70-23-21-61-17-19-62(20-18-61)22-24-71-27-28-73-35-47(65)60-51(56(6,7)8)54(68)63-34-44(64)33-46(63)53(67)59-40(4)42-9-11-43(12-10-42)50-41(5)58-36-76-50/h9,11-12,31-32,36,40,42,44-46,51,64,66H,10,13-30,33-35H2,1-8H3,(H,59,67)(H,60,65)/t40-,42?,44+,45?,46-,51+,57?/m0/s1. The van der Waals surface area contributed by atoms with Crippen LogP contribution in [0.2, 0.25) is 0 Å². The second-order valence-electron chi connectivity index (χ2n) is 22.3. The Balaban J connectivity index is 0.686. The van der Waals surface area contributed by atoms with E-state index in [-0.39, 0.29) is 55.9 Å². The van der Waals surface area contributed by atoms with Crippen LogP contribution in [0.5, 0.6) is 0 Å². The molecule has 4 N–H and O–H groups in total. The first-order chi connectivity index (χ1) is 36.3. The number of aromatic nitrogens is 1. The maximum atomic E-state index is 14.1. The molecule has 2 aliphatic carbocycles. The third-order valence-electron chi connectivity index (χ3n) is 15.4. The van der Waals surface area contributed by atoms with Crippen molar-refractivity contribution < 1.29 is 57.8 Å². The van der Waals surface area contributed by atoms with Crippen LogP contribution in [0.15, 0.2) is 41.6 Å². The number of nitrogens with zero attached hydrogens (tertiary/aromatic N) is 4. The van der Waals surface area contributed by atoms with E-state index in [2.05, 4.69) is 43.6 Å². The third kappa shape index (κ3) is 15.6. The van der Waals surface area contributed by atoms with E-state index >= 15 is 0 Å². The number of ether oxygens (including phenoxy) is 6. The Morgan fingerprint density at radius 1 is 0.882 bits per heavy atom. The van der Waals surface area contributed by atoms with Crippen LogP contribution in [0.3, 0.4) is 0 Å². The summed E-state index contributed by atoms with van der Waals surface area (Å²) in [5.74, 6) is -1.52. The minimum Gasteiger partial charge on any atom is -0.507 e. The second-order valence-corrected chi connectivity index (χ2v) is 23.1. The molecule has 19 heteroatoms. The van der Waals surface area contributed by atoms with E-state index in [1.807, 2.05) is 73.0 Å². The summed E-state index contributed by atoms with van der Waals surface area (Å²) in [6, 6.07) is 2.03. The number of hydrogen-bond donors (Lipinski definition) is 4. The number of carbonyl (C=O) groups excluding carboxylic acids is 4. The van der Waals surface area contributed by atoms with Crippen molar-refractivity contribution in [1.29, 1.82) is 0 Å².